The number of benzene rings is 2. The second kappa shape index (κ2) is 11.4. The van der Waals surface area contributed by atoms with Gasteiger partial charge >= 0.3 is 5.97 Å². The number of hydrogen-bond acceptors (Lipinski definition) is 6. The zero-order valence-corrected chi connectivity index (χ0v) is 20.6. The van der Waals surface area contributed by atoms with Crippen LogP contribution in [0.15, 0.2) is 43.0 Å². The first-order valence-corrected chi connectivity index (χ1v) is 11.5. The van der Waals surface area contributed by atoms with Gasteiger partial charge in [0.2, 0.25) is 0 Å². The minimum Gasteiger partial charge on any atom is -0.496 e. The molecule has 3 rings (SSSR count). The van der Waals surface area contributed by atoms with Gasteiger partial charge < -0.3 is 28.5 Å². The number of carbonyl (C=O) groups excluding carboxylic acids is 1. The first-order valence-electron chi connectivity index (χ1n) is 11.5. The third kappa shape index (κ3) is 5.54. The van der Waals surface area contributed by atoms with Gasteiger partial charge in [-0.05, 0) is 29.3 Å². The van der Waals surface area contributed by atoms with E-state index < -0.39 is 5.97 Å². The molecule has 1 aliphatic heterocycles. The van der Waals surface area contributed by atoms with Gasteiger partial charge in [-0.3, -0.25) is 0 Å². The highest BCUT2D eigenvalue weighted by Crippen LogP contribution is 2.42. The zero-order valence-electron chi connectivity index (χ0n) is 20.6. The van der Waals surface area contributed by atoms with E-state index in [4.69, 9.17) is 18.9 Å². The number of aliphatic hydroxyl groups is 1. The summed E-state index contributed by atoms with van der Waals surface area (Å²) >= 11 is 0. The molecule has 2 aromatic rings. The SMILES string of the molecule is C=CC(=O)OCCC[N@+]1(C)CCc2cc(OC)c(OC)cc2[C@@H]1Cc1ccc(CO)c(OC)c1. The minimum atomic E-state index is -0.393. The number of nitrogens with zero attached hydrogens (tertiary/aromatic N) is 1. The van der Waals surface area contributed by atoms with Crippen molar-refractivity contribution in [3.63, 3.8) is 0 Å². The van der Waals surface area contributed by atoms with Crippen LogP contribution < -0.4 is 14.2 Å². The van der Waals surface area contributed by atoms with Crippen LogP contribution in [0.3, 0.4) is 0 Å². The molecule has 0 spiro atoms. The Morgan fingerprint density at radius 3 is 2.47 bits per heavy atom. The van der Waals surface area contributed by atoms with E-state index in [-0.39, 0.29) is 12.6 Å². The van der Waals surface area contributed by atoms with Crippen LogP contribution in [0.25, 0.3) is 0 Å². The largest absolute Gasteiger partial charge is 0.496 e. The van der Waals surface area contributed by atoms with Crippen molar-refractivity contribution in [1.82, 2.24) is 0 Å². The van der Waals surface area contributed by atoms with E-state index in [2.05, 4.69) is 31.8 Å². The fraction of sp³-hybridized carbons (Fsp3) is 0.444. The zero-order chi connectivity index (χ0) is 24.7. The van der Waals surface area contributed by atoms with E-state index in [9.17, 15) is 9.90 Å². The Kier molecular flexibility index (Phi) is 8.58. The Hall–Kier alpha value is -3.03. The maximum Gasteiger partial charge on any atom is 0.330 e. The second-order valence-corrected chi connectivity index (χ2v) is 8.83. The molecule has 0 radical (unpaired) electrons. The standard InChI is InChI=1S/C27H36NO6/c1-6-27(30)34-13-7-11-28(2)12-10-20-16-25(32-4)26(33-5)17-22(20)23(28)14-19-8-9-21(18-29)24(15-19)31-3/h6,8-9,15-17,23,29H,1,7,10-14,18H2,2-5H3/q+1/t23-,28+/m0/s1. The number of quaternary nitrogens is 1. The fourth-order valence-corrected chi connectivity index (χ4v) is 4.86. The van der Waals surface area contributed by atoms with Crippen LogP contribution in [0.2, 0.25) is 0 Å². The Labute approximate surface area is 202 Å². The Morgan fingerprint density at radius 2 is 1.82 bits per heavy atom. The van der Waals surface area contributed by atoms with Crippen LogP contribution in [0.4, 0.5) is 0 Å². The average molecular weight is 471 g/mol. The Morgan fingerprint density at radius 1 is 1.12 bits per heavy atom. The summed E-state index contributed by atoms with van der Waals surface area (Å²) < 4.78 is 22.7. The third-order valence-corrected chi connectivity index (χ3v) is 6.82. The number of hydrogen-bond donors (Lipinski definition) is 1. The minimum absolute atomic E-state index is 0.0656. The van der Waals surface area contributed by atoms with Crippen molar-refractivity contribution in [3.05, 3.63) is 65.2 Å². The lowest BCUT2D eigenvalue weighted by Gasteiger charge is -2.46. The van der Waals surface area contributed by atoms with Crippen LogP contribution in [0.1, 0.15) is 34.7 Å². The molecule has 1 N–H and O–H groups in total. The summed E-state index contributed by atoms with van der Waals surface area (Å²) in [6.07, 6.45) is 3.65. The molecule has 0 unspecified atom stereocenters. The number of esters is 1. The molecule has 0 aromatic heterocycles. The number of carbonyl (C=O) groups is 1. The lowest BCUT2D eigenvalue weighted by atomic mass is 9.86. The van der Waals surface area contributed by atoms with Crippen molar-refractivity contribution in [2.75, 3.05) is 48.1 Å². The molecule has 7 heteroatoms. The summed E-state index contributed by atoms with van der Waals surface area (Å²) in [6.45, 7) is 5.56. The number of fused-ring (bicyclic) bond motifs is 1. The topological polar surface area (TPSA) is 74.2 Å². The van der Waals surface area contributed by atoms with Crippen molar-refractivity contribution < 1.29 is 33.3 Å². The summed E-state index contributed by atoms with van der Waals surface area (Å²) in [7, 11) is 7.20. The normalized spacial score (nSPS) is 19.1. The van der Waals surface area contributed by atoms with Crippen molar-refractivity contribution in [3.8, 4) is 17.2 Å². The number of rotatable bonds is 11. The van der Waals surface area contributed by atoms with E-state index >= 15 is 0 Å². The molecule has 0 amide bonds. The van der Waals surface area contributed by atoms with Gasteiger partial charge in [-0.15, -0.1) is 0 Å². The summed E-state index contributed by atoms with van der Waals surface area (Å²) in [5.41, 5.74) is 4.39. The highest BCUT2D eigenvalue weighted by atomic mass is 16.5. The molecule has 34 heavy (non-hydrogen) atoms. The van der Waals surface area contributed by atoms with Gasteiger partial charge in [0, 0.05) is 36.5 Å². The molecule has 0 bridgehead atoms. The molecular formula is C27H36NO6+. The smallest absolute Gasteiger partial charge is 0.330 e. The van der Waals surface area contributed by atoms with Crippen LogP contribution in [-0.4, -0.2) is 63.6 Å². The molecule has 2 aromatic carbocycles. The quantitative estimate of drug-likeness (QED) is 0.234. The maximum absolute atomic E-state index is 11.5. The molecular weight excluding hydrogens is 434 g/mol. The van der Waals surface area contributed by atoms with Crippen molar-refractivity contribution >= 4 is 5.97 Å². The van der Waals surface area contributed by atoms with Crippen LogP contribution in [0.5, 0.6) is 17.2 Å². The molecule has 0 aliphatic carbocycles. The first kappa shape index (κ1) is 25.6. The monoisotopic (exact) mass is 470 g/mol. The second-order valence-electron chi connectivity index (χ2n) is 8.83. The van der Waals surface area contributed by atoms with Crippen molar-refractivity contribution in [1.29, 1.82) is 0 Å². The van der Waals surface area contributed by atoms with Gasteiger partial charge in [-0.2, -0.15) is 0 Å². The Balaban J connectivity index is 1.96. The Bertz CT molecular complexity index is 1020. The predicted molar refractivity (Wildman–Crippen MR) is 130 cm³/mol. The van der Waals surface area contributed by atoms with E-state index in [0.717, 1.165) is 53.7 Å². The predicted octanol–water partition coefficient (Wildman–Crippen LogP) is 3.61. The molecule has 0 saturated carbocycles. The number of ether oxygens (including phenoxy) is 4. The van der Waals surface area contributed by atoms with Crippen LogP contribution in [0, 0.1) is 0 Å². The molecule has 0 saturated heterocycles. The van der Waals surface area contributed by atoms with Crippen molar-refractivity contribution in [2.45, 2.75) is 31.9 Å². The third-order valence-electron chi connectivity index (χ3n) is 6.82. The molecule has 1 aliphatic rings. The average Bonchev–Trinajstić information content (AvgIpc) is 2.87. The number of aliphatic hydroxyl groups excluding tert-OH is 1. The molecule has 7 nitrogen and oxygen atoms in total. The van der Waals surface area contributed by atoms with Gasteiger partial charge in [0.05, 0.1) is 54.7 Å². The summed E-state index contributed by atoms with van der Waals surface area (Å²) in [6, 6.07) is 10.3. The molecule has 2 atom stereocenters. The molecule has 1 heterocycles. The van der Waals surface area contributed by atoms with Gasteiger partial charge in [0.1, 0.15) is 11.8 Å². The summed E-state index contributed by atoms with van der Waals surface area (Å²) in [4.78, 5) is 11.5. The van der Waals surface area contributed by atoms with Crippen molar-refractivity contribution in [2.24, 2.45) is 0 Å². The lowest BCUT2D eigenvalue weighted by Crippen LogP contribution is -2.52. The van der Waals surface area contributed by atoms with E-state index in [1.807, 2.05) is 12.1 Å². The molecule has 184 valence electrons. The van der Waals surface area contributed by atoms with Gasteiger partial charge in [0.15, 0.2) is 11.5 Å². The van der Waals surface area contributed by atoms with E-state index in [1.54, 1.807) is 21.3 Å². The molecule has 0 fully saturated rings. The number of likely N-dealkylation sites (N-methyl/N-ethyl adjacent to an activating group) is 1. The fourth-order valence-electron chi connectivity index (χ4n) is 4.86. The first-order chi connectivity index (χ1) is 16.4. The number of methoxy groups -OCH3 is 3. The van der Waals surface area contributed by atoms with E-state index in [1.165, 1.54) is 17.2 Å². The highest BCUT2D eigenvalue weighted by molar-refractivity contribution is 5.81. The lowest BCUT2D eigenvalue weighted by molar-refractivity contribution is -0.941. The van der Waals surface area contributed by atoms with E-state index in [0.29, 0.717) is 18.1 Å². The highest BCUT2D eigenvalue weighted by Gasteiger charge is 2.39. The summed E-state index contributed by atoms with van der Waals surface area (Å²) in [5.74, 6) is 1.75. The van der Waals surface area contributed by atoms with Gasteiger partial charge in [-0.25, -0.2) is 4.79 Å². The van der Waals surface area contributed by atoms with Crippen LogP contribution >= 0.6 is 0 Å². The summed E-state index contributed by atoms with van der Waals surface area (Å²) in [5, 5.41) is 9.61. The van der Waals surface area contributed by atoms with Crippen LogP contribution in [-0.2, 0) is 29.0 Å². The van der Waals surface area contributed by atoms with Gasteiger partial charge in [-0.1, -0.05) is 18.7 Å². The maximum atomic E-state index is 11.5. The van der Waals surface area contributed by atoms with Gasteiger partial charge in [0.25, 0.3) is 0 Å².